The van der Waals surface area contributed by atoms with Crippen molar-refractivity contribution in [1.29, 1.82) is 0 Å². The molecule has 23 heavy (non-hydrogen) atoms. The van der Waals surface area contributed by atoms with E-state index in [0.717, 1.165) is 11.1 Å². The normalized spacial score (nSPS) is 10.3. The van der Waals surface area contributed by atoms with E-state index in [4.69, 9.17) is 23.2 Å². The Bertz CT molecular complexity index is 740. The molecule has 2 amide bonds. The summed E-state index contributed by atoms with van der Waals surface area (Å²) in [4.78, 5) is 23.8. The minimum atomic E-state index is -0.440. The number of hydrogen-bond donors (Lipinski definition) is 2. The van der Waals surface area contributed by atoms with Crippen LogP contribution in [0.15, 0.2) is 36.4 Å². The van der Waals surface area contributed by atoms with Crippen molar-refractivity contribution in [2.45, 2.75) is 20.3 Å². The fourth-order valence-corrected chi connectivity index (χ4v) is 2.53. The third kappa shape index (κ3) is 5.27. The van der Waals surface area contributed by atoms with Gasteiger partial charge in [-0.2, -0.15) is 0 Å². The third-order valence-electron chi connectivity index (χ3n) is 3.26. The molecular weight excluding hydrogens is 335 g/mol. The second-order valence-electron chi connectivity index (χ2n) is 5.23. The van der Waals surface area contributed by atoms with Gasteiger partial charge in [-0.25, -0.2) is 0 Å². The molecule has 0 heterocycles. The molecule has 0 bridgehead atoms. The fourth-order valence-electron chi connectivity index (χ4n) is 2.00. The van der Waals surface area contributed by atoms with Crippen molar-refractivity contribution in [2.75, 3.05) is 10.6 Å². The molecule has 0 aliphatic rings. The minimum absolute atomic E-state index is 0.295. The third-order valence-corrected chi connectivity index (χ3v) is 3.69. The van der Waals surface area contributed by atoms with E-state index in [1.54, 1.807) is 24.3 Å². The SMILES string of the molecule is Cc1ccc(NC(=O)CC(=O)Nc2cc(Cl)cc(Cl)c2)cc1C. The van der Waals surface area contributed by atoms with Crippen LogP contribution in [0.1, 0.15) is 17.5 Å². The molecule has 0 aliphatic heterocycles. The summed E-state index contributed by atoms with van der Waals surface area (Å²) in [5, 5.41) is 6.11. The van der Waals surface area contributed by atoms with Gasteiger partial charge in [-0.1, -0.05) is 29.3 Å². The zero-order valence-electron chi connectivity index (χ0n) is 12.7. The Labute approximate surface area is 144 Å². The molecule has 0 aliphatic carbocycles. The topological polar surface area (TPSA) is 58.2 Å². The smallest absolute Gasteiger partial charge is 0.233 e. The number of halogens is 2. The van der Waals surface area contributed by atoms with E-state index in [1.165, 1.54) is 0 Å². The fraction of sp³-hybridized carbons (Fsp3) is 0.176. The Morgan fingerprint density at radius 3 is 1.96 bits per heavy atom. The maximum atomic E-state index is 11.9. The van der Waals surface area contributed by atoms with E-state index in [-0.39, 0.29) is 12.3 Å². The highest BCUT2D eigenvalue weighted by molar-refractivity contribution is 6.35. The number of carbonyl (C=O) groups excluding carboxylic acids is 2. The van der Waals surface area contributed by atoms with E-state index in [9.17, 15) is 9.59 Å². The molecule has 0 saturated heterocycles. The van der Waals surface area contributed by atoms with E-state index in [1.807, 2.05) is 26.0 Å². The summed E-state index contributed by atoms with van der Waals surface area (Å²) in [6.45, 7) is 3.95. The van der Waals surface area contributed by atoms with Gasteiger partial charge in [-0.3, -0.25) is 9.59 Å². The van der Waals surface area contributed by atoms with E-state index < -0.39 is 5.91 Å². The number of hydrogen-bond acceptors (Lipinski definition) is 2. The summed E-state index contributed by atoms with van der Waals surface area (Å²) in [6.07, 6.45) is -0.295. The molecule has 120 valence electrons. The molecule has 0 atom stereocenters. The van der Waals surface area contributed by atoms with Crippen molar-refractivity contribution in [3.63, 3.8) is 0 Å². The van der Waals surface area contributed by atoms with Crippen LogP contribution < -0.4 is 10.6 Å². The molecule has 2 aromatic rings. The van der Waals surface area contributed by atoms with Crippen LogP contribution in [0.2, 0.25) is 10.0 Å². The maximum Gasteiger partial charge on any atom is 0.233 e. The van der Waals surface area contributed by atoms with E-state index in [0.29, 0.717) is 21.4 Å². The number of amides is 2. The molecule has 2 rings (SSSR count). The van der Waals surface area contributed by atoms with Gasteiger partial charge in [0, 0.05) is 21.4 Å². The van der Waals surface area contributed by atoms with Crippen molar-refractivity contribution >= 4 is 46.4 Å². The summed E-state index contributed by atoms with van der Waals surface area (Å²) >= 11 is 11.7. The van der Waals surface area contributed by atoms with Gasteiger partial charge in [0.25, 0.3) is 0 Å². The van der Waals surface area contributed by atoms with Gasteiger partial charge < -0.3 is 10.6 Å². The zero-order chi connectivity index (χ0) is 17.0. The molecule has 2 N–H and O–H groups in total. The lowest BCUT2D eigenvalue weighted by molar-refractivity contribution is -0.123. The molecule has 0 aromatic heterocycles. The molecule has 0 radical (unpaired) electrons. The molecule has 2 aromatic carbocycles. The Morgan fingerprint density at radius 1 is 0.826 bits per heavy atom. The van der Waals surface area contributed by atoms with Crippen molar-refractivity contribution < 1.29 is 9.59 Å². The minimum Gasteiger partial charge on any atom is -0.326 e. The molecule has 4 nitrogen and oxygen atoms in total. The lowest BCUT2D eigenvalue weighted by Gasteiger charge is -2.09. The van der Waals surface area contributed by atoms with Crippen LogP contribution in [0.4, 0.5) is 11.4 Å². The standard InChI is InChI=1S/C17H16Cl2N2O2/c1-10-3-4-14(5-11(10)2)20-16(22)9-17(23)21-15-7-12(18)6-13(19)8-15/h3-8H,9H2,1-2H3,(H,20,22)(H,21,23). The van der Waals surface area contributed by atoms with Gasteiger partial charge in [-0.05, 0) is 55.3 Å². The average Bonchev–Trinajstić information content (AvgIpc) is 2.41. The Kier molecular flexibility index (Phi) is 5.64. The molecule has 6 heteroatoms. The lowest BCUT2D eigenvalue weighted by atomic mass is 10.1. The predicted molar refractivity (Wildman–Crippen MR) is 94.3 cm³/mol. The molecular formula is C17H16Cl2N2O2. The van der Waals surface area contributed by atoms with Crippen molar-refractivity contribution in [2.24, 2.45) is 0 Å². The van der Waals surface area contributed by atoms with Crippen LogP contribution in [0.5, 0.6) is 0 Å². The highest BCUT2D eigenvalue weighted by Crippen LogP contribution is 2.22. The first-order valence-electron chi connectivity index (χ1n) is 6.96. The van der Waals surface area contributed by atoms with Crippen LogP contribution >= 0.6 is 23.2 Å². The number of benzene rings is 2. The monoisotopic (exact) mass is 350 g/mol. The first-order chi connectivity index (χ1) is 10.8. The summed E-state index contributed by atoms with van der Waals surface area (Å²) < 4.78 is 0. The van der Waals surface area contributed by atoms with Crippen molar-refractivity contribution in [3.05, 3.63) is 57.6 Å². The summed E-state index contributed by atoms with van der Waals surface area (Å²) in [5.74, 6) is -0.830. The Balaban J connectivity index is 1.94. The van der Waals surface area contributed by atoms with Crippen LogP contribution in [0, 0.1) is 13.8 Å². The van der Waals surface area contributed by atoms with Gasteiger partial charge in [0.2, 0.25) is 11.8 Å². The van der Waals surface area contributed by atoms with Gasteiger partial charge in [0.1, 0.15) is 6.42 Å². The summed E-state index contributed by atoms with van der Waals surface area (Å²) in [6, 6.07) is 10.3. The largest absolute Gasteiger partial charge is 0.326 e. The Morgan fingerprint density at radius 2 is 1.39 bits per heavy atom. The van der Waals surface area contributed by atoms with Crippen LogP contribution in [0.25, 0.3) is 0 Å². The first kappa shape index (κ1) is 17.3. The van der Waals surface area contributed by atoms with Crippen molar-refractivity contribution in [1.82, 2.24) is 0 Å². The predicted octanol–water partition coefficient (Wildman–Crippen LogP) is 4.58. The lowest BCUT2D eigenvalue weighted by Crippen LogP contribution is -2.21. The van der Waals surface area contributed by atoms with Crippen LogP contribution in [-0.4, -0.2) is 11.8 Å². The van der Waals surface area contributed by atoms with Crippen LogP contribution in [0.3, 0.4) is 0 Å². The molecule has 0 fully saturated rings. The van der Waals surface area contributed by atoms with Gasteiger partial charge in [0.05, 0.1) is 0 Å². The average molecular weight is 351 g/mol. The first-order valence-corrected chi connectivity index (χ1v) is 7.72. The quantitative estimate of drug-likeness (QED) is 0.793. The number of anilines is 2. The Hall–Kier alpha value is -2.04. The molecule has 0 saturated carbocycles. The van der Waals surface area contributed by atoms with E-state index in [2.05, 4.69) is 10.6 Å². The van der Waals surface area contributed by atoms with E-state index >= 15 is 0 Å². The number of aryl methyl sites for hydroxylation is 2. The molecule has 0 spiro atoms. The molecule has 0 unspecified atom stereocenters. The number of rotatable bonds is 4. The number of nitrogens with one attached hydrogen (secondary N) is 2. The summed E-state index contributed by atoms with van der Waals surface area (Å²) in [7, 11) is 0. The maximum absolute atomic E-state index is 11.9. The zero-order valence-corrected chi connectivity index (χ0v) is 14.3. The second-order valence-corrected chi connectivity index (χ2v) is 6.10. The van der Waals surface area contributed by atoms with Crippen molar-refractivity contribution in [3.8, 4) is 0 Å². The van der Waals surface area contributed by atoms with Gasteiger partial charge in [-0.15, -0.1) is 0 Å². The summed E-state index contributed by atoms with van der Waals surface area (Å²) in [5.41, 5.74) is 3.32. The number of carbonyl (C=O) groups is 2. The highest BCUT2D eigenvalue weighted by Gasteiger charge is 2.11. The van der Waals surface area contributed by atoms with Gasteiger partial charge >= 0.3 is 0 Å². The van der Waals surface area contributed by atoms with Crippen LogP contribution in [-0.2, 0) is 9.59 Å². The highest BCUT2D eigenvalue weighted by atomic mass is 35.5. The van der Waals surface area contributed by atoms with Gasteiger partial charge in [0.15, 0.2) is 0 Å². The second kappa shape index (κ2) is 7.49.